The Kier molecular flexibility index (Phi) is 6.09. The molecule has 6 nitrogen and oxygen atoms in total. The third-order valence-corrected chi connectivity index (χ3v) is 5.28. The first-order valence-electron chi connectivity index (χ1n) is 9.94. The molecule has 148 valence electrons. The van der Waals surface area contributed by atoms with Crippen LogP contribution in [0.15, 0.2) is 54.9 Å². The summed E-state index contributed by atoms with van der Waals surface area (Å²) < 4.78 is 11.1. The number of pyridine rings is 1. The first-order chi connectivity index (χ1) is 13.8. The summed E-state index contributed by atoms with van der Waals surface area (Å²) in [5.74, 6) is 2.43. The molecule has 2 aliphatic rings. The number of aromatic nitrogens is 1. The number of ether oxygens (including phenoxy) is 2. The van der Waals surface area contributed by atoms with E-state index in [1.807, 2.05) is 42.6 Å². The molecule has 0 bridgehead atoms. The number of nitrogens with zero attached hydrogens (tertiary/aromatic N) is 3. The van der Waals surface area contributed by atoms with Crippen LogP contribution < -0.4 is 14.4 Å². The lowest BCUT2D eigenvalue weighted by Gasteiger charge is -2.35. The van der Waals surface area contributed by atoms with Gasteiger partial charge in [-0.1, -0.05) is 12.1 Å². The Hall–Kier alpha value is -2.57. The van der Waals surface area contributed by atoms with Gasteiger partial charge < -0.3 is 19.5 Å². The predicted octanol–water partition coefficient (Wildman–Crippen LogP) is 3.00. The molecule has 6 heteroatoms. The predicted molar refractivity (Wildman–Crippen MR) is 109 cm³/mol. The molecule has 1 atom stereocenters. The van der Waals surface area contributed by atoms with E-state index < -0.39 is 6.10 Å². The van der Waals surface area contributed by atoms with E-state index in [-0.39, 0.29) is 0 Å². The molecule has 0 aliphatic carbocycles. The number of anilines is 1. The molecule has 3 heterocycles. The molecule has 1 aromatic heterocycles. The van der Waals surface area contributed by atoms with Crippen LogP contribution in [0.1, 0.15) is 24.5 Å². The Morgan fingerprint density at radius 1 is 1.07 bits per heavy atom. The van der Waals surface area contributed by atoms with Crippen LogP contribution in [0, 0.1) is 0 Å². The standard InChI is InChI=1S/C22H27N3O3/c26-19(18-7-8-20-21(17-18)28-16-4-15-27-20)5-3-10-24-11-13-25(14-12-24)22-6-1-2-9-23-22/h1-2,4,6-9,16-17,19,26H,3,5,10-15H2. The molecule has 0 saturated carbocycles. The van der Waals surface area contributed by atoms with Gasteiger partial charge in [-0.15, -0.1) is 0 Å². The van der Waals surface area contributed by atoms with Crippen molar-refractivity contribution in [1.29, 1.82) is 0 Å². The third kappa shape index (κ3) is 4.64. The number of benzene rings is 1. The van der Waals surface area contributed by atoms with Crippen molar-refractivity contribution in [3.05, 3.63) is 60.5 Å². The molecule has 1 unspecified atom stereocenters. The minimum Gasteiger partial charge on any atom is -0.485 e. The van der Waals surface area contributed by atoms with Gasteiger partial charge >= 0.3 is 0 Å². The van der Waals surface area contributed by atoms with E-state index in [1.54, 1.807) is 6.26 Å². The van der Waals surface area contributed by atoms with Crippen LogP contribution in [0.25, 0.3) is 0 Å². The summed E-state index contributed by atoms with van der Waals surface area (Å²) in [5, 5.41) is 10.6. The van der Waals surface area contributed by atoms with Crippen LogP contribution in [0.3, 0.4) is 0 Å². The van der Waals surface area contributed by atoms with Crippen molar-refractivity contribution in [2.75, 3.05) is 44.2 Å². The monoisotopic (exact) mass is 381 g/mol. The zero-order valence-electron chi connectivity index (χ0n) is 16.0. The van der Waals surface area contributed by atoms with Gasteiger partial charge in [0.15, 0.2) is 11.5 Å². The summed E-state index contributed by atoms with van der Waals surface area (Å²) in [5.41, 5.74) is 0.873. The second kappa shape index (κ2) is 9.08. The zero-order valence-corrected chi connectivity index (χ0v) is 16.0. The molecular formula is C22H27N3O3. The normalized spacial score (nSPS) is 18.0. The van der Waals surface area contributed by atoms with E-state index in [1.165, 1.54) is 0 Å². The molecule has 4 rings (SSSR count). The molecule has 1 N–H and O–H groups in total. The Morgan fingerprint density at radius 3 is 2.79 bits per heavy atom. The highest BCUT2D eigenvalue weighted by molar-refractivity contribution is 5.44. The minimum atomic E-state index is -0.490. The molecule has 1 fully saturated rings. The number of rotatable bonds is 6. The second-order valence-electron chi connectivity index (χ2n) is 7.18. The van der Waals surface area contributed by atoms with Crippen LogP contribution >= 0.6 is 0 Å². The lowest BCUT2D eigenvalue weighted by atomic mass is 10.0. The fourth-order valence-electron chi connectivity index (χ4n) is 3.66. The average molecular weight is 381 g/mol. The van der Waals surface area contributed by atoms with Crippen molar-refractivity contribution in [2.24, 2.45) is 0 Å². The van der Waals surface area contributed by atoms with E-state index in [0.717, 1.165) is 56.9 Å². The summed E-state index contributed by atoms with van der Waals surface area (Å²) in [4.78, 5) is 9.23. The van der Waals surface area contributed by atoms with Crippen molar-refractivity contribution in [2.45, 2.75) is 18.9 Å². The summed E-state index contributed by atoms with van der Waals surface area (Å²) in [6, 6.07) is 11.7. The van der Waals surface area contributed by atoms with E-state index in [9.17, 15) is 5.11 Å². The highest BCUT2D eigenvalue weighted by Crippen LogP contribution is 2.33. The summed E-state index contributed by atoms with van der Waals surface area (Å²) in [6.45, 7) is 5.56. The van der Waals surface area contributed by atoms with E-state index >= 15 is 0 Å². The Morgan fingerprint density at radius 2 is 1.96 bits per heavy atom. The lowest BCUT2D eigenvalue weighted by molar-refractivity contribution is 0.153. The van der Waals surface area contributed by atoms with Crippen LogP contribution in [0.2, 0.25) is 0 Å². The molecule has 1 aromatic carbocycles. The average Bonchev–Trinajstić information content (AvgIpc) is 2.99. The van der Waals surface area contributed by atoms with Crippen molar-refractivity contribution in [1.82, 2.24) is 9.88 Å². The van der Waals surface area contributed by atoms with E-state index in [2.05, 4.69) is 20.9 Å². The maximum absolute atomic E-state index is 10.6. The van der Waals surface area contributed by atoms with Gasteiger partial charge in [0, 0.05) is 32.4 Å². The lowest BCUT2D eigenvalue weighted by Crippen LogP contribution is -2.46. The molecule has 0 spiro atoms. The van der Waals surface area contributed by atoms with Crippen molar-refractivity contribution in [3.8, 4) is 11.5 Å². The number of fused-ring (bicyclic) bond motifs is 1. The first-order valence-corrected chi connectivity index (χ1v) is 9.94. The number of aliphatic hydroxyl groups is 1. The van der Waals surface area contributed by atoms with Gasteiger partial charge in [-0.3, -0.25) is 4.90 Å². The Balaban J connectivity index is 1.22. The van der Waals surface area contributed by atoms with Gasteiger partial charge in [-0.25, -0.2) is 4.98 Å². The summed E-state index contributed by atoms with van der Waals surface area (Å²) in [7, 11) is 0. The SMILES string of the molecule is OC(CCCN1CCN(c2ccccn2)CC1)c1ccc2c(c1)OC=CCO2. The molecule has 2 aromatic rings. The molecule has 1 saturated heterocycles. The van der Waals surface area contributed by atoms with Crippen molar-refractivity contribution in [3.63, 3.8) is 0 Å². The van der Waals surface area contributed by atoms with Crippen LogP contribution in [-0.2, 0) is 0 Å². The summed E-state index contributed by atoms with van der Waals surface area (Å²) in [6.07, 6.45) is 6.50. The number of hydrogen-bond donors (Lipinski definition) is 1. The van der Waals surface area contributed by atoms with Crippen molar-refractivity contribution < 1.29 is 14.6 Å². The third-order valence-electron chi connectivity index (χ3n) is 5.28. The maximum Gasteiger partial charge on any atom is 0.168 e. The fourth-order valence-corrected chi connectivity index (χ4v) is 3.66. The van der Waals surface area contributed by atoms with Gasteiger partial charge in [-0.2, -0.15) is 0 Å². The molecular weight excluding hydrogens is 354 g/mol. The Labute approximate surface area is 166 Å². The highest BCUT2D eigenvalue weighted by atomic mass is 16.5. The van der Waals surface area contributed by atoms with E-state index in [0.29, 0.717) is 18.1 Å². The Bertz CT molecular complexity index is 789. The zero-order chi connectivity index (χ0) is 19.2. The maximum atomic E-state index is 10.6. The topological polar surface area (TPSA) is 58.1 Å². The first kappa shape index (κ1) is 18.8. The number of hydrogen-bond acceptors (Lipinski definition) is 6. The minimum absolute atomic E-state index is 0.490. The van der Waals surface area contributed by atoms with Gasteiger partial charge in [0.05, 0.1) is 12.4 Å². The van der Waals surface area contributed by atoms with E-state index in [4.69, 9.17) is 9.47 Å². The largest absolute Gasteiger partial charge is 0.485 e. The van der Waals surface area contributed by atoms with Gasteiger partial charge in [0.25, 0.3) is 0 Å². The number of aliphatic hydroxyl groups excluding tert-OH is 1. The van der Waals surface area contributed by atoms with Crippen LogP contribution in [0.5, 0.6) is 11.5 Å². The quantitative estimate of drug-likeness (QED) is 0.830. The van der Waals surface area contributed by atoms with Gasteiger partial charge in [0.1, 0.15) is 12.4 Å². The highest BCUT2D eigenvalue weighted by Gasteiger charge is 2.18. The second-order valence-corrected chi connectivity index (χ2v) is 7.18. The van der Waals surface area contributed by atoms with Crippen LogP contribution in [-0.4, -0.2) is 54.3 Å². The van der Waals surface area contributed by atoms with Crippen molar-refractivity contribution >= 4 is 5.82 Å². The van der Waals surface area contributed by atoms with Gasteiger partial charge in [0.2, 0.25) is 0 Å². The smallest absolute Gasteiger partial charge is 0.168 e. The van der Waals surface area contributed by atoms with Gasteiger partial charge in [-0.05, 0) is 55.3 Å². The molecule has 2 aliphatic heterocycles. The van der Waals surface area contributed by atoms with Crippen LogP contribution in [0.4, 0.5) is 5.82 Å². The number of piperazine rings is 1. The summed E-state index contributed by atoms with van der Waals surface area (Å²) >= 11 is 0. The molecule has 0 radical (unpaired) electrons. The molecule has 0 amide bonds. The molecule has 28 heavy (non-hydrogen) atoms. The fraction of sp³-hybridized carbons (Fsp3) is 0.409.